The maximum Gasteiger partial charge on any atom is 0.349 e. The Morgan fingerprint density at radius 1 is 1.14 bits per heavy atom. The number of hydrogen-bond acceptors (Lipinski definition) is 3. The van der Waals surface area contributed by atoms with Crippen LogP contribution >= 0.6 is 0 Å². The average Bonchev–Trinajstić information content (AvgIpc) is 2.50. The Balaban J connectivity index is 1.99. The van der Waals surface area contributed by atoms with Crippen LogP contribution in [0.4, 0.5) is 10.1 Å². The maximum atomic E-state index is 12.8. The van der Waals surface area contributed by atoms with E-state index in [2.05, 4.69) is 5.32 Å². The number of nitrogens with one attached hydrogen (secondary N) is 1. The van der Waals surface area contributed by atoms with E-state index in [9.17, 15) is 14.0 Å². The van der Waals surface area contributed by atoms with Crippen LogP contribution in [0, 0.1) is 12.7 Å². The highest BCUT2D eigenvalue weighted by atomic mass is 19.1. The molecular weight excluding hydrogens is 285 g/mol. The topological polar surface area (TPSA) is 59.3 Å². The van der Waals surface area contributed by atoms with Gasteiger partial charge in [-0.1, -0.05) is 18.2 Å². The molecule has 0 aliphatic rings. The number of amides is 1. The number of hydrogen-bond donors (Lipinski definition) is 1. The minimum absolute atomic E-state index is 0.0950. The fraction of sp³-hybridized carbons (Fsp3) is 0.0588. The lowest BCUT2D eigenvalue weighted by Crippen LogP contribution is -2.20. The monoisotopic (exact) mass is 297 g/mol. The molecule has 1 N–H and O–H groups in total. The summed E-state index contributed by atoms with van der Waals surface area (Å²) in [6, 6.07) is 12.2. The maximum absolute atomic E-state index is 12.8. The molecule has 0 radical (unpaired) electrons. The van der Waals surface area contributed by atoms with Gasteiger partial charge in [-0.25, -0.2) is 9.18 Å². The van der Waals surface area contributed by atoms with Gasteiger partial charge >= 0.3 is 5.63 Å². The van der Waals surface area contributed by atoms with E-state index in [1.165, 1.54) is 30.3 Å². The molecular formula is C17H12FNO3. The number of carbonyl (C=O) groups is 1. The van der Waals surface area contributed by atoms with Crippen molar-refractivity contribution in [2.45, 2.75) is 6.92 Å². The Labute approximate surface area is 125 Å². The van der Waals surface area contributed by atoms with Crippen molar-refractivity contribution in [3.8, 4) is 0 Å². The van der Waals surface area contributed by atoms with E-state index in [1.807, 2.05) is 19.1 Å². The third-order valence-electron chi connectivity index (χ3n) is 3.30. The van der Waals surface area contributed by atoms with Crippen LogP contribution in [0.25, 0.3) is 11.0 Å². The van der Waals surface area contributed by atoms with Crippen LogP contribution in [0.5, 0.6) is 0 Å². The van der Waals surface area contributed by atoms with Crippen LogP contribution in [0.1, 0.15) is 15.9 Å². The molecule has 0 aliphatic heterocycles. The molecule has 110 valence electrons. The molecule has 0 spiro atoms. The molecule has 0 bridgehead atoms. The Hall–Kier alpha value is -2.95. The Bertz CT molecular complexity index is 913. The minimum atomic E-state index is -0.707. The highest BCUT2D eigenvalue weighted by Gasteiger charge is 2.14. The summed E-state index contributed by atoms with van der Waals surface area (Å²) in [6.45, 7) is 1.82. The third-order valence-corrected chi connectivity index (χ3v) is 3.30. The van der Waals surface area contributed by atoms with Crippen molar-refractivity contribution in [1.29, 1.82) is 0 Å². The summed E-state index contributed by atoms with van der Waals surface area (Å²) in [5, 5.41) is 3.21. The van der Waals surface area contributed by atoms with Gasteiger partial charge in [-0.15, -0.1) is 0 Å². The zero-order chi connectivity index (χ0) is 15.7. The van der Waals surface area contributed by atoms with E-state index < -0.39 is 17.3 Å². The van der Waals surface area contributed by atoms with Crippen molar-refractivity contribution in [2.75, 3.05) is 5.32 Å². The second-order valence-corrected chi connectivity index (χ2v) is 4.90. The SMILES string of the molecule is Cc1cccc2cc(C(=O)Nc3ccc(F)cc3)c(=O)oc12. The van der Waals surface area contributed by atoms with Crippen LogP contribution in [0.3, 0.4) is 0 Å². The molecule has 4 nitrogen and oxygen atoms in total. The summed E-state index contributed by atoms with van der Waals surface area (Å²) in [7, 11) is 0. The van der Waals surface area contributed by atoms with Gasteiger partial charge in [-0.2, -0.15) is 0 Å². The molecule has 0 saturated carbocycles. The zero-order valence-corrected chi connectivity index (χ0v) is 11.7. The number of anilines is 1. The number of fused-ring (bicyclic) bond motifs is 1. The summed E-state index contributed by atoms with van der Waals surface area (Å²) in [6.07, 6.45) is 0. The first-order chi connectivity index (χ1) is 10.5. The molecule has 1 heterocycles. The number of para-hydroxylation sites is 1. The second-order valence-electron chi connectivity index (χ2n) is 4.90. The van der Waals surface area contributed by atoms with Crippen LogP contribution in [-0.2, 0) is 0 Å². The van der Waals surface area contributed by atoms with Crippen molar-refractivity contribution in [3.05, 3.63) is 75.9 Å². The molecule has 0 atom stereocenters. The van der Waals surface area contributed by atoms with E-state index in [0.29, 0.717) is 16.7 Å². The molecule has 3 aromatic rings. The fourth-order valence-corrected chi connectivity index (χ4v) is 2.18. The van der Waals surface area contributed by atoms with Gasteiger partial charge in [0.2, 0.25) is 0 Å². The van der Waals surface area contributed by atoms with Gasteiger partial charge in [0.1, 0.15) is 17.0 Å². The normalized spacial score (nSPS) is 10.6. The number of benzene rings is 2. The molecule has 0 fully saturated rings. The number of aryl methyl sites for hydroxylation is 1. The molecule has 1 aromatic heterocycles. The van der Waals surface area contributed by atoms with Gasteiger partial charge in [0.05, 0.1) is 0 Å². The molecule has 0 unspecified atom stereocenters. The largest absolute Gasteiger partial charge is 0.422 e. The lowest BCUT2D eigenvalue weighted by atomic mass is 10.1. The summed E-state index contributed by atoms with van der Waals surface area (Å²) in [5.41, 5.74) is 0.880. The van der Waals surface area contributed by atoms with Gasteiger partial charge < -0.3 is 9.73 Å². The van der Waals surface area contributed by atoms with E-state index in [-0.39, 0.29) is 5.56 Å². The van der Waals surface area contributed by atoms with Gasteiger partial charge in [0.25, 0.3) is 5.91 Å². The molecule has 2 aromatic carbocycles. The van der Waals surface area contributed by atoms with Crippen molar-refractivity contribution in [2.24, 2.45) is 0 Å². The highest BCUT2D eigenvalue weighted by Crippen LogP contribution is 2.18. The quantitative estimate of drug-likeness (QED) is 0.737. The summed E-state index contributed by atoms with van der Waals surface area (Å²) in [5.74, 6) is -0.998. The third kappa shape index (κ3) is 2.61. The first-order valence-corrected chi connectivity index (χ1v) is 6.65. The van der Waals surface area contributed by atoms with Crippen LogP contribution in [-0.4, -0.2) is 5.91 Å². The summed E-state index contributed by atoms with van der Waals surface area (Å²) in [4.78, 5) is 24.2. The molecule has 0 aliphatic carbocycles. The van der Waals surface area contributed by atoms with E-state index >= 15 is 0 Å². The first kappa shape index (κ1) is 14.0. The van der Waals surface area contributed by atoms with Crippen molar-refractivity contribution < 1.29 is 13.6 Å². The predicted molar refractivity (Wildman–Crippen MR) is 81.6 cm³/mol. The van der Waals surface area contributed by atoms with Crippen molar-refractivity contribution in [1.82, 2.24) is 0 Å². The Morgan fingerprint density at radius 2 is 1.86 bits per heavy atom. The van der Waals surface area contributed by atoms with E-state index in [1.54, 1.807) is 6.07 Å². The van der Waals surface area contributed by atoms with Gasteiger partial charge in [-0.3, -0.25) is 4.79 Å². The standard InChI is InChI=1S/C17H12FNO3/c1-10-3-2-4-11-9-14(17(21)22-15(10)11)16(20)19-13-7-5-12(18)6-8-13/h2-9H,1H3,(H,19,20). The number of halogens is 1. The minimum Gasteiger partial charge on any atom is -0.422 e. The lowest BCUT2D eigenvalue weighted by molar-refractivity contribution is 0.102. The van der Waals surface area contributed by atoms with Crippen LogP contribution in [0.2, 0.25) is 0 Å². The Kier molecular flexibility index (Phi) is 3.47. The van der Waals surface area contributed by atoms with Crippen molar-refractivity contribution >= 4 is 22.6 Å². The number of rotatable bonds is 2. The zero-order valence-electron chi connectivity index (χ0n) is 11.7. The van der Waals surface area contributed by atoms with E-state index in [0.717, 1.165) is 5.56 Å². The van der Waals surface area contributed by atoms with Crippen molar-refractivity contribution in [3.63, 3.8) is 0 Å². The Morgan fingerprint density at radius 3 is 2.59 bits per heavy atom. The van der Waals surface area contributed by atoms with Gasteiger partial charge in [0.15, 0.2) is 0 Å². The van der Waals surface area contributed by atoms with Crippen LogP contribution in [0.15, 0.2) is 57.7 Å². The van der Waals surface area contributed by atoms with Crippen LogP contribution < -0.4 is 10.9 Å². The van der Waals surface area contributed by atoms with Gasteiger partial charge in [0, 0.05) is 11.1 Å². The fourth-order valence-electron chi connectivity index (χ4n) is 2.18. The van der Waals surface area contributed by atoms with Gasteiger partial charge in [-0.05, 0) is 42.8 Å². The molecule has 1 amide bonds. The second kappa shape index (κ2) is 5.44. The summed E-state index contributed by atoms with van der Waals surface area (Å²) < 4.78 is 18.1. The summed E-state index contributed by atoms with van der Waals surface area (Å²) >= 11 is 0. The molecule has 22 heavy (non-hydrogen) atoms. The van der Waals surface area contributed by atoms with E-state index in [4.69, 9.17) is 4.42 Å². The first-order valence-electron chi connectivity index (χ1n) is 6.65. The predicted octanol–water partition coefficient (Wildman–Crippen LogP) is 3.49. The molecule has 0 saturated heterocycles. The molecule has 3 rings (SSSR count). The highest BCUT2D eigenvalue weighted by molar-refractivity contribution is 6.05. The number of carbonyl (C=O) groups excluding carboxylic acids is 1. The smallest absolute Gasteiger partial charge is 0.349 e. The molecule has 5 heteroatoms. The lowest BCUT2D eigenvalue weighted by Gasteiger charge is -2.06. The average molecular weight is 297 g/mol.